The molecule has 21 heavy (non-hydrogen) atoms. The molecule has 1 aliphatic carbocycles. The first-order valence-electron chi connectivity index (χ1n) is 6.03. The molecule has 0 amide bonds. The van der Waals surface area contributed by atoms with E-state index in [1.165, 1.54) is 24.0 Å². The largest absolute Gasteiger partial charge is 0.396 e. The van der Waals surface area contributed by atoms with Crippen molar-refractivity contribution in [2.45, 2.75) is 17.4 Å². The Kier molecular flexibility index (Phi) is 5.32. The van der Waals surface area contributed by atoms with Gasteiger partial charge in [-0.2, -0.15) is 8.78 Å². The van der Waals surface area contributed by atoms with E-state index >= 15 is 0 Å². The van der Waals surface area contributed by atoms with E-state index in [1.807, 2.05) is 0 Å². The number of aromatic nitrogens is 2. The molecule has 4 nitrogen and oxygen atoms in total. The lowest BCUT2D eigenvalue weighted by Crippen LogP contribution is -2.41. The minimum absolute atomic E-state index is 0.104. The number of aliphatic hydroxyl groups excluding tert-OH is 1. The number of allylic oxidation sites excluding steroid dienone is 2. The van der Waals surface area contributed by atoms with Gasteiger partial charge in [0.15, 0.2) is 5.16 Å². The topological polar surface area (TPSA) is 55.2 Å². The Bertz CT molecular complexity index is 571. The van der Waals surface area contributed by atoms with Crippen LogP contribution in [0.2, 0.25) is 5.02 Å². The summed E-state index contributed by atoms with van der Waals surface area (Å²) in [5.41, 5.74) is -1.51. The summed E-state index contributed by atoms with van der Waals surface area (Å²) in [6, 6.07) is 0. The van der Waals surface area contributed by atoms with Gasteiger partial charge in [-0.05, 0) is 12.3 Å². The van der Waals surface area contributed by atoms with Crippen molar-refractivity contribution in [3.63, 3.8) is 0 Å². The molecule has 2 atom stereocenters. The van der Waals surface area contributed by atoms with Crippen molar-refractivity contribution in [1.82, 2.24) is 9.97 Å². The smallest absolute Gasteiger partial charge is 0.346 e. The Morgan fingerprint density at radius 2 is 2.29 bits per heavy atom. The van der Waals surface area contributed by atoms with Crippen LogP contribution in [0.5, 0.6) is 0 Å². The van der Waals surface area contributed by atoms with Crippen LogP contribution in [-0.4, -0.2) is 34.5 Å². The quantitative estimate of drug-likeness (QED) is 0.662. The fourth-order valence-electron chi connectivity index (χ4n) is 2.17. The summed E-state index contributed by atoms with van der Waals surface area (Å²) in [6.45, 7) is -3.43. The number of alkyl halides is 2. The summed E-state index contributed by atoms with van der Waals surface area (Å²) in [6.07, 6.45) is 9.32. The van der Waals surface area contributed by atoms with Crippen molar-refractivity contribution in [2.24, 2.45) is 5.92 Å². The Morgan fingerprint density at radius 1 is 1.52 bits per heavy atom. The molecule has 114 valence electrons. The highest BCUT2D eigenvalue weighted by atomic mass is 35.5. The van der Waals surface area contributed by atoms with Crippen LogP contribution in [0.4, 0.5) is 8.78 Å². The fraction of sp³-hybridized carbons (Fsp3) is 0.385. The predicted octanol–water partition coefficient (Wildman–Crippen LogP) is 3.02. The van der Waals surface area contributed by atoms with Crippen LogP contribution in [0.15, 0.2) is 35.7 Å². The van der Waals surface area contributed by atoms with Crippen LogP contribution >= 0.6 is 23.4 Å². The molecule has 0 aliphatic heterocycles. The average molecular weight is 335 g/mol. The van der Waals surface area contributed by atoms with Crippen molar-refractivity contribution in [2.75, 3.05) is 12.9 Å². The van der Waals surface area contributed by atoms with Crippen molar-refractivity contribution in [3.8, 4) is 0 Å². The van der Waals surface area contributed by atoms with Gasteiger partial charge in [0.2, 0.25) is 0 Å². The lowest BCUT2D eigenvalue weighted by Gasteiger charge is -2.37. The number of rotatable bonds is 5. The summed E-state index contributed by atoms with van der Waals surface area (Å²) in [7, 11) is 0. The van der Waals surface area contributed by atoms with Crippen LogP contribution in [-0.2, 0) is 10.3 Å². The number of hydrogen-bond acceptors (Lipinski definition) is 5. The summed E-state index contributed by atoms with van der Waals surface area (Å²) in [4.78, 5) is 8.19. The van der Waals surface area contributed by atoms with Crippen LogP contribution in [0.25, 0.3) is 0 Å². The summed E-state index contributed by atoms with van der Waals surface area (Å²) < 4.78 is 30.7. The van der Waals surface area contributed by atoms with Crippen molar-refractivity contribution < 1.29 is 18.6 Å². The third kappa shape index (κ3) is 3.26. The van der Waals surface area contributed by atoms with E-state index in [0.717, 1.165) is 0 Å². The third-order valence-electron chi connectivity index (χ3n) is 3.10. The molecule has 0 fully saturated rings. The average Bonchev–Trinajstić information content (AvgIpc) is 2.47. The van der Waals surface area contributed by atoms with Gasteiger partial charge >= 0.3 is 6.61 Å². The highest BCUT2D eigenvalue weighted by Gasteiger charge is 2.44. The van der Waals surface area contributed by atoms with E-state index in [-0.39, 0.29) is 17.3 Å². The van der Waals surface area contributed by atoms with Gasteiger partial charge < -0.3 is 9.84 Å². The molecule has 0 saturated carbocycles. The number of halogens is 3. The summed E-state index contributed by atoms with van der Waals surface area (Å²) in [5.74, 6) is -0.724. The van der Waals surface area contributed by atoms with Crippen LogP contribution in [0.1, 0.15) is 5.69 Å². The molecule has 1 aliphatic rings. The van der Waals surface area contributed by atoms with Gasteiger partial charge in [0.05, 0.1) is 17.8 Å². The first-order valence-corrected chi connectivity index (χ1v) is 7.63. The van der Waals surface area contributed by atoms with Crippen LogP contribution in [0, 0.1) is 5.92 Å². The Hall–Kier alpha value is -1.02. The minimum atomic E-state index is -3.04. The molecule has 1 aromatic heterocycles. The monoisotopic (exact) mass is 334 g/mol. The van der Waals surface area contributed by atoms with E-state index in [0.29, 0.717) is 5.16 Å². The number of thioether (sulfide) groups is 1. The molecular weight excluding hydrogens is 322 g/mol. The standard InChI is InChI=1S/C13H13ClF2N2O2S/c1-21-12-17-6-9(14)10(18-12)13(20-11(15)16)5-3-2-4-8(13)7-19/h2-6,8,11,19H,7H2,1H3. The highest BCUT2D eigenvalue weighted by molar-refractivity contribution is 7.98. The van der Waals surface area contributed by atoms with Gasteiger partial charge in [-0.25, -0.2) is 9.97 Å². The third-order valence-corrected chi connectivity index (χ3v) is 3.94. The van der Waals surface area contributed by atoms with E-state index in [4.69, 9.17) is 16.3 Å². The van der Waals surface area contributed by atoms with Crippen LogP contribution < -0.4 is 0 Å². The second-order valence-electron chi connectivity index (χ2n) is 4.26. The van der Waals surface area contributed by atoms with Crippen molar-refractivity contribution in [1.29, 1.82) is 0 Å². The lowest BCUT2D eigenvalue weighted by molar-refractivity contribution is -0.213. The zero-order chi connectivity index (χ0) is 15.5. The van der Waals surface area contributed by atoms with E-state index in [2.05, 4.69) is 9.97 Å². The molecule has 0 spiro atoms. The SMILES string of the molecule is CSc1ncc(Cl)c(C2(OC(F)F)C=CC=CC2CO)n1. The van der Waals surface area contributed by atoms with Crippen molar-refractivity contribution >= 4 is 23.4 Å². The Balaban J connectivity index is 2.60. The van der Waals surface area contributed by atoms with E-state index in [9.17, 15) is 13.9 Å². The highest BCUT2D eigenvalue weighted by Crippen LogP contribution is 2.42. The Labute approximate surface area is 129 Å². The fourth-order valence-corrected chi connectivity index (χ4v) is 2.75. The van der Waals surface area contributed by atoms with Crippen LogP contribution in [0.3, 0.4) is 0 Å². The first-order chi connectivity index (χ1) is 10.0. The molecule has 0 saturated heterocycles. The molecule has 2 rings (SSSR count). The predicted molar refractivity (Wildman–Crippen MR) is 76.4 cm³/mol. The first kappa shape index (κ1) is 16.4. The van der Waals surface area contributed by atoms with Gasteiger partial charge in [0.25, 0.3) is 0 Å². The molecule has 1 N–H and O–H groups in total. The van der Waals surface area contributed by atoms with E-state index in [1.54, 1.807) is 24.5 Å². The van der Waals surface area contributed by atoms with E-state index < -0.39 is 18.1 Å². The number of ether oxygens (including phenoxy) is 1. The zero-order valence-corrected chi connectivity index (χ0v) is 12.6. The molecular formula is C13H13ClF2N2O2S. The molecule has 1 heterocycles. The Morgan fingerprint density at radius 3 is 2.90 bits per heavy atom. The number of aliphatic hydroxyl groups is 1. The zero-order valence-electron chi connectivity index (χ0n) is 11.0. The van der Waals surface area contributed by atoms with Gasteiger partial charge in [0, 0.05) is 5.92 Å². The van der Waals surface area contributed by atoms with Gasteiger partial charge in [-0.1, -0.05) is 41.6 Å². The maximum absolute atomic E-state index is 12.9. The second-order valence-corrected chi connectivity index (χ2v) is 5.44. The summed E-state index contributed by atoms with van der Waals surface area (Å²) >= 11 is 7.34. The second kappa shape index (κ2) is 6.83. The van der Waals surface area contributed by atoms with Gasteiger partial charge in [-0.3, -0.25) is 0 Å². The number of nitrogens with zero attached hydrogens (tertiary/aromatic N) is 2. The van der Waals surface area contributed by atoms with Gasteiger partial charge in [-0.15, -0.1) is 0 Å². The molecule has 0 aromatic carbocycles. The maximum Gasteiger partial charge on any atom is 0.346 e. The normalized spacial score (nSPS) is 24.8. The summed E-state index contributed by atoms with van der Waals surface area (Å²) in [5, 5.41) is 10.0. The molecule has 2 unspecified atom stereocenters. The molecule has 8 heteroatoms. The number of hydrogen-bond donors (Lipinski definition) is 1. The minimum Gasteiger partial charge on any atom is -0.396 e. The molecule has 1 aromatic rings. The maximum atomic E-state index is 12.9. The lowest BCUT2D eigenvalue weighted by atomic mass is 9.81. The molecule has 0 radical (unpaired) electrons. The van der Waals surface area contributed by atoms with Gasteiger partial charge in [0.1, 0.15) is 11.3 Å². The van der Waals surface area contributed by atoms with Crippen molar-refractivity contribution in [3.05, 3.63) is 41.2 Å². The molecule has 0 bridgehead atoms.